The summed E-state index contributed by atoms with van der Waals surface area (Å²) in [5.41, 5.74) is 3.91. The van der Waals surface area contributed by atoms with E-state index < -0.39 is 0 Å². The van der Waals surface area contributed by atoms with Crippen molar-refractivity contribution in [3.05, 3.63) is 34.7 Å². The van der Waals surface area contributed by atoms with Crippen LogP contribution in [0.3, 0.4) is 0 Å². The van der Waals surface area contributed by atoms with Crippen molar-refractivity contribution in [2.45, 2.75) is 52.0 Å². The van der Waals surface area contributed by atoms with Crippen molar-refractivity contribution in [2.75, 3.05) is 5.32 Å². The van der Waals surface area contributed by atoms with Crippen molar-refractivity contribution < 1.29 is 0 Å². The van der Waals surface area contributed by atoms with Crippen LogP contribution in [0.1, 0.15) is 44.1 Å². The second-order valence-corrected chi connectivity index (χ2v) is 7.87. The van der Waals surface area contributed by atoms with Gasteiger partial charge in [0.2, 0.25) is 0 Å². The number of rotatable bonds is 3. The van der Waals surface area contributed by atoms with Gasteiger partial charge in [-0.25, -0.2) is 4.98 Å². The molecule has 0 unspecified atom stereocenters. The maximum absolute atomic E-state index is 4.76. The first-order valence-electron chi connectivity index (χ1n) is 7.28. The summed E-state index contributed by atoms with van der Waals surface area (Å²) in [5, 5.41) is 4.56. The largest absolute Gasteiger partial charge is 0.359 e. The van der Waals surface area contributed by atoms with E-state index in [2.05, 4.69) is 57.3 Å². The number of nitrogens with one attached hydrogen (secondary N) is 1. The summed E-state index contributed by atoms with van der Waals surface area (Å²) < 4.78 is 0. The van der Waals surface area contributed by atoms with Gasteiger partial charge in [0.1, 0.15) is 0 Å². The Balaban J connectivity index is 1.86. The highest BCUT2D eigenvalue weighted by Gasteiger charge is 2.23. The van der Waals surface area contributed by atoms with Gasteiger partial charge in [0.15, 0.2) is 5.13 Å². The summed E-state index contributed by atoms with van der Waals surface area (Å²) in [6.07, 6.45) is 2.57. The maximum Gasteiger partial charge on any atom is 0.183 e. The third-order valence-electron chi connectivity index (χ3n) is 3.73. The predicted molar refractivity (Wildman–Crippen MR) is 87.6 cm³/mol. The first kappa shape index (κ1) is 13.6. The number of thiazole rings is 1. The molecule has 0 aliphatic heterocycles. The van der Waals surface area contributed by atoms with Gasteiger partial charge in [-0.15, -0.1) is 11.3 Å². The van der Waals surface area contributed by atoms with E-state index in [9.17, 15) is 0 Å². The van der Waals surface area contributed by atoms with Crippen molar-refractivity contribution in [1.29, 1.82) is 0 Å². The van der Waals surface area contributed by atoms with E-state index in [0.29, 0.717) is 6.04 Å². The van der Waals surface area contributed by atoms with Gasteiger partial charge in [0, 0.05) is 16.5 Å². The van der Waals surface area contributed by atoms with Crippen LogP contribution in [-0.4, -0.2) is 11.0 Å². The summed E-state index contributed by atoms with van der Waals surface area (Å²) in [6.45, 7) is 8.89. The van der Waals surface area contributed by atoms with E-state index in [1.54, 1.807) is 11.3 Å². The van der Waals surface area contributed by atoms with Crippen LogP contribution in [0.5, 0.6) is 0 Å². The van der Waals surface area contributed by atoms with E-state index >= 15 is 0 Å². The zero-order valence-corrected chi connectivity index (χ0v) is 13.5. The van der Waals surface area contributed by atoms with Crippen molar-refractivity contribution in [1.82, 2.24) is 4.98 Å². The minimum atomic E-state index is 0.203. The standard InChI is InChI=1S/C17H22N2S/c1-11-15(19-16(20-11)18-14-9-10-14)12-5-7-13(8-6-12)17(2,3)4/h5-8,14H,9-10H2,1-4H3,(H,18,19). The highest BCUT2D eigenvalue weighted by atomic mass is 32.1. The van der Waals surface area contributed by atoms with Crippen molar-refractivity contribution >= 4 is 16.5 Å². The Bertz CT molecular complexity index is 601. The first-order chi connectivity index (χ1) is 9.43. The van der Waals surface area contributed by atoms with Crippen LogP contribution in [0, 0.1) is 6.92 Å². The van der Waals surface area contributed by atoms with Crippen molar-refractivity contribution in [3.63, 3.8) is 0 Å². The van der Waals surface area contributed by atoms with Crippen LogP contribution in [0.4, 0.5) is 5.13 Å². The Morgan fingerprint density at radius 1 is 1.15 bits per heavy atom. The zero-order valence-electron chi connectivity index (χ0n) is 12.7. The SMILES string of the molecule is Cc1sc(NC2CC2)nc1-c1ccc(C(C)(C)C)cc1. The van der Waals surface area contributed by atoms with E-state index in [1.165, 1.54) is 28.8 Å². The number of hydrogen-bond donors (Lipinski definition) is 1. The molecule has 1 N–H and O–H groups in total. The Morgan fingerprint density at radius 2 is 1.80 bits per heavy atom. The molecule has 20 heavy (non-hydrogen) atoms. The van der Waals surface area contributed by atoms with Crippen LogP contribution < -0.4 is 5.32 Å². The Labute approximate surface area is 125 Å². The fourth-order valence-electron chi connectivity index (χ4n) is 2.26. The molecule has 3 heteroatoms. The second kappa shape index (κ2) is 4.88. The highest BCUT2D eigenvalue weighted by molar-refractivity contribution is 7.16. The minimum Gasteiger partial charge on any atom is -0.359 e. The number of hydrogen-bond acceptors (Lipinski definition) is 3. The molecule has 1 aliphatic carbocycles. The van der Waals surface area contributed by atoms with Gasteiger partial charge in [0.25, 0.3) is 0 Å². The van der Waals surface area contributed by atoms with Gasteiger partial charge in [-0.1, -0.05) is 45.0 Å². The van der Waals surface area contributed by atoms with Gasteiger partial charge < -0.3 is 5.32 Å². The van der Waals surface area contributed by atoms with E-state index in [0.717, 1.165) is 10.8 Å². The second-order valence-electron chi connectivity index (χ2n) is 6.67. The lowest BCUT2D eigenvalue weighted by molar-refractivity contribution is 0.590. The molecule has 0 amide bonds. The van der Waals surface area contributed by atoms with Crippen LogP contribution in [0.15, 0.2) is 24.3 Å². The first-order valence-corrected chi connectivity index (χ1v) is 8.10. The minimum absolute atomic E-state index is 0.203. The lowest BCUT2D eigenvalue weighted by Crippen LogP contribution is -2.10. The normalized spacial score (nSPS) is 15.4. The molecular weight excluding hydrogens is 264 g/mol. The van der Waals surface area contributed by atoms with Crippen molar-refractivity contribution in [2.24, 2.45) is 0 Å². The molecule has 2 aromatic rings. The van der Waals surface area contributed by atoms with Gasteiger partial charge in [-0.3, -0.25) is 0 Å². The molecule has 1 aliphatic rings. The number of nitrogens with zero attached hydrogens (tertiary/aromatic N) is 1. The summed E-state index contributed by atoms with van der Waals surface area (Å²) in [6, 6.07) is 9.51. The van der Waals surface area contributed by atoms with Gasteiger partial charge in [0.05, 0.1) is 5.69 Å². The molecule has 2 nitrogen and oxygen atoms in total. The smallest absolute Gasteiger partial charge is 0.183 e. The van der Waals surface area contributed by atoms with Crippen molar-refractivity contribution in [3.8, 4) is 11.3 Å². The maximum atomic E-state index is 4.76. The Hall–Kier alpha value is -1.35. The summed E-state index contributed by atoms with van der Waals surface area (Å²) in [5.74, 6) is 0. The average Bonchev–Trinajstić information content (AvgIpc) is 3.11. The summed E-state index contributed by atoms with van der Waals surface area (Å²) >= 11 is 1.77. The fraction of sp³-hybridized carbons (Fsp3) is 0.471. The molecule has 1 aromatic heterocycles. The summed E-state index contributed by atoms with van der Waals surface area (Å²) in [4.78, 5) is 6.05. The molecule has 3 rings (SSSR count). The van der Waals surface area contributed by atoms with Gasteiger partial charge in [-0.2, -0.15) is 0 Å². The topological polar surface area (TPSA) is 24.9 Å². The molecule has 1 fully saturated rings. The molecule has 0 bridgehead atoms. The van der Waals surface area contributed by atoms with E-state index in [-0.39, 0.29) is 5.41 Å². The zero-order chi connectivity index (χ0) is 14.3. The number of anilines is 1. The monoisotopic (exact) mass is 286 g/mol. The molecule has 0 spiro atoms. The van der Waals surface area contributed by atoms with Gasteiger partial charge in [-0.05, 0) is 30.7 Å². The van der Waals surface area contributed by atoms with Crippen LogP contribution in [0.2, 0.25) is 0 Å². The molecular formula is C17H22N2S. The Kier molecular flexibility index (Phi) is 3.33. The Morgan fingerprint density at radius 3 is 2.35 bits per heavy atom. The predicted octanol–water partition coefficient (Wildman–Crippen LogP) is 4.99. The van der Waals surface area contributed by atoms with Crippen LogP contribution in [-0.2, 0) is 5.41 Å². The molecule has 106 valence electrons. The molecule has 1 aromatic carbocycles. The number of benzene rings is 1. The molecule has 0 atom stereocenters. The third-order valence-corrected chi connectivity index (χ3v) is 4.63. The lowest BCUT2D eigenvalue weighted by atomic mass is 9.86. The van der Waals surface area contributed by atoms with E-state index in [1.807, 2.05) is 0 Å². The van der Waals surface area contributed by atoms with Crippen LogP contribution >= 0.6 is 11.3 Å². The molecule has 0 radical (unpaired) electrons. The highest BCUT2D eigenvalue weighted by Crippen LogP contribution is 2.34. The molecule has 1 heterocycles. The fourth-order valence-corrected chi connectivity index (χ4v) is 3.17. The molecule has 0 saturated heterocycles. The molecule has 1 saturated carbocycles. The third kappa shape index (κ3) is 2.88. The quantitative estimate of drug-likeness (QED) is 0.859. The number of aromatic nitrogens is 1. The van der Waals surface area contributed by atoms with Gasteiger partial charge >= 0.3 is 0 Å². The lowest BCUT2D eigenvalue weighted by Gasteiger charge is -2.19. The van der Waals surface area contributed by atoms with Crippen LogP contribution in [0.25, 0.3) is 11.3 Å². The number of aryl methyl sites for hydroxylation is 1. The van der Waals surface area contributed by atoms with E-state index in [4.69, 9.17) is 4.98 Å². The summed E-state index contributed by atoms with van der Waals surface area (Å²) in [7, 11) is 0. The average molecular weight is 286 g/mol.